The Labute approximate surface area is 148 Å². The molecule has 0 radical (unpaired) electrons. The first kappa shape index (κ1) is 17.2. The lowest BCUT2D eigenvalue weighted by molar-refractivity contribution is -0.116. The van der Waals surface area contributed by atoms with E-state index in [0.717, 1.165) is 29.4 Å². The third-order valence-electron chi connectivity index (χ3n) is 3.45. The second-order valence-corrected chi connectivity index (χ2v) is 7.77. The van der Waals surface area contributed by atoms with Gasteiger partial charge in [-0.3, -0.25) is 9.69 Å². The van der Waals surface area contributed by atoms with Crippen molar-refractivity contribution in [3.05, 3.63) is 30.1 Å². The van der Waals surface area contributed by atoms with Crippen molar-refractivity contribution in [1.82, 2.24) is 10.2 Å². The lowest BCUT2D eigenvalue weighted by Crippen LogP contribution is -2.30. The molecule has 0 unspecified atom stereocenters. The number of aromatic nitrogens is 2. The van der Waals surface area contributed by atoms with Gasteiger partial charge in [-0.1, -0.05) is 23.1 Å². The van der Waals surface area contributed by atoms with Gasteiger partial charge in [0.15, 0.2) is 4.34 Å². The minimum Gasteiger partial charge on any atom is -0.494 e. The standard InChI is InChI=1S/C16H18FN3O2S2/c1-11(21)20(13-5-6-13)15-18-19-16(24-15)23-10-2-9-22-14-7-3-12(17)4-8-14/h3-4,7-8,13H,2,5-6,9-10H2,1H3. The first-order valence-corrected chi connectivity index (χ1v) is 9.58. The number of carbonyl (C=O) groups is 1. The zero-order valence-electron chi connectivity index (χ0n) is 13.3. The van der Waals surface area contributed by atoms with E-state index in [1.54, 1.807) is 35.7 Å². The van der Waals surface area contributed by atoms with Gasteiger partial charge >= 0.3 is 0 Å². The van der Waals surface area contributed by atoms with Crippen molar-refractivity contribution >= 4 is 34.1 Å². The molecule has 8 heteroatoms. The molecule has 5 nitrogen and oxygen atoms in total. The summed E-state index contributed by atoms with van der Waals surface area (Å²) >= 11 is 3.06. The van der Waals surface area contributed by atoms with E-state index in [0.29, 0.717) is 23.5 Å². The molecule has 1 saturated carbocycles. The smallest absolute Gasteiger partial charge is 0.225 e. The molecule has 0 aliphatic heterocycles. The Morgan fingerprint density at radius 3 is 2.79 bits per heavy atom. The molecule has 1 aliphatic rings. The number of amides is 1. The highest BCUT2D eigenvalue weighted by molar-refractivity contribution is 8.01. The Hall–Kier alpha value is -1.67. The molecular weight excluding hydrogens is 349 g/mol. The number of rotatable bonds is 8. The van der Waals surface area contributed by atoms with Crippen molar-refractivity contribution < 1.29 is 13.9 Å². The number of anilines is 1. The van der Waals surface area contributed by atoms with E-state index in [9.17, 15) is 9.18 Å². The molecule has 1 amide bonds. The first-order valence-electron chi connectivity index (χ1n) is 7.78. The van der Waals surface area contributed by atoms with Gasteiger partial charge in [-0.25, -0.2) is 4.39 Å². The molecule has 1 aliphatic carbocycles. The van der Waals surface area contributed by atoms with Crippen LogP contribution in [0.4, 0.5) is 9.52 Å². The first-order chi connectivity index (χ1) is 11.6. The van der Waals surface area contributed by atoms with Crippen molar-refractivity contribution in [2.75, 3.05) is 17.3 Å². The van der Waals surface area contributed by atoms with Gasteiger partial charge in [0.1, 0.15) is 11.6 Å². The second kappa shape index (κ2) is 7.94. The van der Waals surface area contributed by atoms with Crippen LogP contribution in [0.5, 0.6) is 5.75 Å². The highest BCUT2D eigenvalue weighted by Gasteiger charge is 2.34. The maximum Gasteiger partial charge on any atom is 0.225 e. The monoisotopic (exact) mass is 367 g/mol. The molecule has 1 aromatic heterocycles. The van der Waals surface area contributed by atoms with Gasteiger partial charge in [0.2, 0.25) is 11.0 Å². The number of carbonyl (C=O) groups excluding carboxylic acids is 1. The van der Waals surface area contributed by atoms with Crippen LogP contribution >= 0.6 is 23.1 Å². The van der Waals surface area contributed by atoms with Crippen molar-refractivity contribution in [2.45, 2.75) is 36.6 Å². The van der Waals surface area contributed by atoms with Gasteiger partial charge in [-0.05, 0) is 43.5 Å². The lowest BCUT2D eigenvalue weighted by Gasteiger charge is -2.15. The minimum atomic E-state index is -0.268. The lowest BCUT2D eigenvalue weighted by atomic mass is 10.3. The number of thioether (sulfide) groups is 1. The fourth-order valence-electron chi connectivity index (χ4n) is 2.18. The molecule has 24 heavy (non-hydrogen) atoms. The number of hydrogen-bond acceptors (Lipinski definition) is 6. The normalized spacial score (nSPS) is 13.8. The maximum absolute atomic E-state index is 12.8. The SMILES string of the molecule is CC(=O)N(c1nnc(SCCCOc2ccc(F)cc2)s1)C1CC1. The largest absolute Gasteiger partial charge is 0.494 e. The van der Waals surface area contributed by atoms with E-state index in [1.165, 1.54) is 23.5 Å². The molecule has 2 aromatic rings. The number of benzene rings is 1. The van der Waals surface area contributed by atoms with E-state index in [2.05, 4.69) is 10.2 Å². The van der Waals surface area contributed by atoms with Gasteiger partial charge in [0.05, 0.1) is 6.61 Å². The number of halogens is 1. The summed E-state index contributed by atoms with van der Waals surface area (Å²) in [7, 11) is 0. The summed E-state index contributed by atoms with van der Waals surface area (Å²) in [4.78, 5) is 13.5. The Balaban J connectivity index is 1.41. The van der Waals surface area contributed by atoms with Gasteiger partial charge in [0, 0.05) is 18.7 Å². The van der Waals surface area contributed by atoms with Crippen molar-refractivity contribution in [2.24, 2.45) is 0 Å². The molecule has 1 aromatic carbocycles. The number of ether oxygens (including phenoxy) is 1. The predicted octanol–water partition coefficient (Wildman–Crippen LogP) is 3.75. The van der Waals surface area contributed by atoms with Crippen LogP contribution in [-0.2, 0) is 4.79 Å². The third kappa shape index (κ3) is 4.67. The Kier molecular flexibility index (Phi) is 5.68. The quantitative estimate of drug-likeness (QED) is 0.404. The Morgan fingerprint density at radius 1 is 1.38 bits per heavy atom. The molecule has 0 bridgehead atoms. The van der Waals surface area contributed by atoms with Gasteiger partial charge < -0.3 is 4.74 Å². The summed E-state index contributed by atoms with van der Waals surface area (Å²) in [5, 5.41) is 8.98. The summed E-state index contributed by atoms with van der Waals surface area (Å²) in [5.74, 6) is 1.27. The number of nitrogens with zero attached hydrogens (tertiary/aromatic N) is 3. The van der Waals surface area contributed by atoms with Crippen LogP contribution in [0, 0.1) is 5.82 Å². The zero-order chi connectivity index (χ0) is 16.9. The van der Waals surface area contributed by atoms with Crippen LogP contribution in [-0.4, -0.2) is 34.5 Å². The van der Waals surface area contributed by atoms with Crippen LogP contribution in [0.3, 0.4) is 0 Å². The maximum atomic E-state index is 12.8. The van der Waals surface area contributed by atoms with Crippen LogP contribution in [0.2, 0.25) is 0 Å². The molecule has 0 N–H and O–H groups in total. The Bertz CT molecular complexity index is 689. The molecule has 0 saturated heterocycles. The van der Waals surface area contributed by atoms with E-state index in [4.69, 9.17) is 4.74 Å². The fourth-order valence-corrected chi connectivity index (χ4v) is 4.12. The minimum absolute atomic E-state index is 0.0258. The van der Waals surface area contributed by atoms with E-state index in [1.807, 2.05) is 0 Å². The molecule has 0 spiro atoms. The van der Waals surface area contributed by atoms with Crippen LogP contribution in [0.1, 0.15) is 26.2 Å². The van der Waals surface area contributed by atoms with Crippen molar-refractivity contribution in [3.63, 3.8) is 0 Å². The molecule has 3 rings (SSSR count). The van der Waals surface area contributed by atoms with Crippen molar-refractivity contribution in [1.29, 1.82) is 0 Å². The highest BCUT2D eigenvalue weighted by atomic mass is 32.2. The third-order valence-corrected chi connectivity index (χ3v) is 5.59. The summed E-state index contributed by atoms with van der Waals surface area (Å²) in [6, 6.07) is 6.31. The summed E-state index contributed by atoms with van der Waals surface area (Å²) in [6.45, 7) is 2.13. The molecule has 128 valence electrons. The van der Waals surface area contributed by atoms with Crippen LogP contribution in [0.15, 0.2) is 28.6 Å². The van der Waals surface area contributed by atoms with Crippen molar-refractivity contribution in [3.8, 4) is 5.75 Å². The Morgan fingerprint density at radius 2 is 2.12 bits per heavy atom. The molecule has 1 heterocycles. The summed E-state index contributed by atoms with van der Waals surface area (Å²) in [6.07, 6.45) is 2.93. The topological polar surface area (TPSA) is 55.3 Å². The zero-order valence-corrected chi connectivity index (χ0v) is 14.9. The summed E-state index contributed by atoms with van der Waals surface area (Å²) < 4.78 is 19.2. The fraction of sp³-hybridized carbons (Fsp3) is 0.438. The van der Waals surface area contributed by atoms with E-state index >= 15 is 0 Å². The molecular formula is C16H18FN3O2S2. The summed E-state index contributed by atoms with van der Waals surface area (Å²) in [5.41, 5.74) is 0. The van der Waals surface area contributed by atoms with Crippen LogP contribution < -0.4 is 9.64 Å². The molecule has 0 atom stereocenters. The molecule has 1 fully saturated rings. The van der Waals surface area contributed by atoms with Crippen LogP contribution in [0.25, 0.3) is 0 Å². The number of hydrogen-bond donors (Lipinski definition) is 0. The van der Waals surface area contributed by atoms with Gasteiger partial charge in [-0.2, -0.15) is 0 Å². The average Bonchev–Trinajstić information content (AvgIpc) is 3.27. The highest BCUT2D eigenvalue weighted by Crippen LogP contribution is 2.35. The van der Waals surface area contributed by atoms with Gasteiger partial charge in [0.25, 0.3) is 0 Å². The second-order valence-electron chi connectivity index (χ2n) is 5.48. The van der Waals surface area contributed by atoms with E-state index in [-0.39, 0.29) is 11.7 Å². The average molecular weight is 367 g/mol. The van der Waals surface area contributed by atoms with E-state index < -0.39 is 0 Å². The van der Waals surface area contributed by atoms with Gasteiger partial charge in [-0.15, -0.1) is 10.2 Å². The predicted molar refractivity (Wildman–Crippen MR) is 93.3 cm³/mol.